The molecule has 1 rings (SSSR count). The minimum Gasteiger partial charge on any atom is -0.411 e. The molecule has 1 aromatic heterocycles. The summed E-state index contributed by atoms with van der Waals surface area (Å²) in [5.41, 5.74) is 1.11. The average Bonchev–Trinajstić information content (AvgIpc) is 2.24. The van der Waals surface area contributed by atoms with E-state index in [0.717, 1.165) is 0 Å². The van der Waals surface area contributed by atoms with Crippen LogP contribution < -0.4 is 0 Å². The third-order valence-corrected chi connectivity index (χ3v) is 2.18. The van der Waals surface area contributed by atoms with Gasteiger partial charge in [-0.3, -0.25) is 4.79 Å². The van der Waals surface area contributed by atoms with Gasteiger partial charge in [0.1, 0.15) is 0 Å². The minimum absolute atomic E-state index is 0.0385. The van der Waals surface area contributed by atoms with Crippen LogP contribution in [0.1, 0.15) is 42.5 Å². The van der Waals surface area contributed by atoms with E-state index in [2.05, 4.69) is 5.10 Å². The van der Waals surface area contributed by atoms with Crippen LogP contribution in [-0.4, -0.2) is 20.4 Å². The number of hydrogen-bond donors (Lipinski definition) is 1. The molecule has 0 unspecified atom stereocenters. The van der Waals surface area contributed by atoms with Gasteiger partial charge in [0, 0.05) is 11.0 Å². The zero-order valence-electron chi connectivity index (χ0n) is 8.63. The van der Waals surface area contributed by atoms with Gasteiger partial charge in [-0.1, -0.05) is 25.6 Å². The lowest BCUT2D eigenvalue weighted by molar-refractivity contribution is 0.0987. The number of hydrogen-bond acceptors (Lipinski definition) is 3. The summed E-state index contributed by atoms with van der Waals surface area (Å²) in [6, 6.07) is 0. The Bertz CT molecular complexity index is 377. The lowest BCUT2D eigenvalue weighted by Gasteiger charge is -2.15. The van der Waals surface area contributed by atoms with E-state index in [-0.39, 0.29) is 11.1 Å². The number of halogens is 1. The Morgan fingerprint density at radius 2 is 2.00 bits per heavy atom. The molecule has 0 spiro atoms. The molecule has 0 aliphatic heterocycles. The minimum atomic E-state index is -0.701. The molecule has 1 aromatic rings. The van der Waals surface area contributed by atoms with Crippen LogP contribution in [0.4, 0.5) is 0 Å². The zero-order valence-corrected chi connectivity index (χ0v) is 9.38. The van der Waals surface area contributed by atoms with Gasteiger partial charge >= 0.3 is 0 Å². The Kier molecular flexibility index (Phi) is 2.58. The highest BCUT2D eigenvalue weighted by molar-refractivity contribution is 6.67. The van der Waals surface area contributed by atoms with Crippen molar-refractivity contribution in [2.75, 3.05) is 0 Å². The third kappa shape index (κ3) is 1.75. The van der Waals surface area contributed by atoms with Crippen LogP contribution in [0.15, 0.2) is 0 Å². The molecule has 1 heterocycles. The maximum Gasteiger partial charge on any atom is 0.274 e. The van der Waals surface area contributed by atoms with Gasteiger partial charge < -0.3 is 5.21 Å². The van der Waals surface area contributed by atoms with Crippen LogP contribution in [0.2, 0.25) is 0 Å². The Balaban J connectivity index is 3.39. The lowest BCUT2D eigenvalue weighted by atomic mass is 9.89. The van der Waals surface area contributed by atoms with Crippen LogP contribution in [0.5, 0.6) is 0 Å². The molecule has 0 atom stereocenters. The van der Waals surface area contributed by atoms with E-state index in [9.17, 15) is 10.0 Å². The summed E-state index contributed by atoms with van der Waals surface area (Å²) < 4.78 is 0. The summed E-state index contributed by atoms with van der Waals surface area (Å²) in [6.45, 7) is 7.57. The Labute approximate surface area is 87.4 Å². The van der Waals surface area contributed by atoms with Gasteiger partial charge in [-0.15, -0.1) is 5.10 Å². The predicted octanol–water partition coefficient (Wildman–Crippen LogP) is 2.11. The highest BCUT2D eigenvalue weighted by Gasteiger charge is 2.26. The first-order valence-corrected chi connectivity index (χ1v) is 4.62. The molecule has 0 aliphatic rings. The summed E-state index contributed by atoms with van der Waals surface area (Å²) in [5, 5.41) is 12.5. The Morgan fingerprint density at radius 1 is 1.50 bits per heavy atom. The predicted molar refractivity (Wildman–Crippen MR) is 53.0 cm³/mol. The second-order valence-electron chi connectivity index (χ2n) is 4.24. The fourth-order valence-electron chi connectivity index (χ4n) is 1.42. The molecular formula is C9H13ClN2O2. The van der Waals surface area contributed by atoms with Crippen LogP contribution in [-0.2, 0) is 5.41 Å². The summed E-state index contributed by atoms with van der Waals surface area (Å²) in [6.07, 6.45) is 0. The number of rotatable bonds is 1. The maximum atomic E-state index is 11.0. The molecule has 0 aliphatic carbocycles. The Morgan fingerprint density at radius 3 is 2.21 bits per heavy atom. The van der Waals surface area contributed by atoms with Gasteiger partial charge in [0.05, 0.1) is 5.69 Å². The molecule has 78 valence electrons. The van der Waals surface area contributed by atoms with Crippen molar-refractivity contribution >= 4 is 16.8 Å². The molecule has 0 amide bonds. The highest BCUT2D eigenvalue weighted by Crippen LogP contribution is 2.26. The molecular weight excluding hydrogens is 204 g/mol. The molecule has 0 fully saturated rings. The maximum absolute atomic E-state index is 11.0. The topological polar surface area (TPSA) is 55.1 Å². The van der Waals surface area contributed by atoms with Crippen molar-refractivity contribution in [3.8, 4) is 0 Å². The van der Waals surface area contributed by atoms with E-state index < -0.39 is 5.24 Å². The monoisotopic (exact) mass is 216 g/mol. The van der Waals surface area contributed by atoms with Crippen molar-refractivity contribution in [2.45, 2.75) is 33.1 Å². The van der Waals surface area contributed by atoms with Crippen molar-refractivity contribution in [3.05, 3.63) is 17.0 Å². The van der Waals surface area contributed by atoms with Crippen molar-refractivity contribution in [2.24, 2.45) is 0 Å². The molecule has 0 radical (unpaired) electrons. The Hall–Kier alpha value is -1.03. The van der Waals surface area contributed by atoms with E-state index in [4.69, 9.17) is 11.6 Å². The third-order valence-electron chi connectivity index (χ3n) is 2.00. The van der Waals surface area contributed by atoms with Crippen molar-refractivity contribution in [3.63, 3.8) is 0 Å². The first-order valence-electron chi connectivity index (χ1n) is 4.24. The van der Waals surface area contributed by atoms with Crippen molar-refractivity contribution in [1.29, 1.82) is 0 Å². The van der Waals surface area contributed by atoms with Gasteiger partial charge in [-0.25, -0.2) is 0 Å². The van der Waals surface area contributed by atoms with E-state index in [1.807, 2.05) is 20.8 Å². The summed E-state index contributed by atoms with van der Waals surface area (Å²) in [4.78, 5) is 11.5. The number of carbonyl (C=O) groups is 1. The molecule has 1 N–H and O–H groups in total. The molecule has 0 saturated heterocycles. The SMILES string of the molecule is Cc1c(C(C)(C)C)nn(O)c1C(=O)Cl. The van der Waals surface area contributed by atoms with Crippen molar-refractivity contribution < 1.29 is 10.0 Å². The second-order valence-corrected chi connectivity index (χ2v) is 4.58. The summed E-state index contributed by atoms with van der Waals surface area (Å²) >= 11 is 5.32. The smallest absolute Gasteiger partial charge is 0.274 e. The quantitative estimate of drug-likeness (QED) is 0.578. The van der Waals surface area contributed by atoms with E-state index in [1.165, 1.54) is 0 Å². The van der Waals surface area contributed by atoms with Gasteiger partial charge in [0.15, 0.2) is 5.69 Å². The molecule has 0 saturated carbocycles. The first-order chi connectivity index (χ1) is 6.25. The van der Waals surface area contributed by atoms with Gasteiger partial charge in [0.2, 0.25) is 0 Å². The number of carbonyl (C=O) groups excluding carboxylic acids is 1. The standard InChI is InChI=1S/C9H13ClN2O2/c1-5-6(8(10)13)12(14)11-7(5)9(2,3)4/h14H,1-4H3. The summed E-state index contributed by atoms with van der Waals surface area (Å²) in [5.74, 6) is 0. The van der Waals surface area contributed by atoms with Crippen LogP contribution >= 0.6 is 11.6 Å². The van der Waals surface area contributed by atoms with Gasteiger partial charge in [-0.05, 0) is 18.5 Å². The molecule has 4 nitrogen and oxygen atoms in total. The highest BCUT2D eigenvalue weighted by atomic mass is 35.5. The molecule has 0 aromatic carbocycles. The van der Waals surface area contributed by atoms with E-state index >= 15 is 0 Å². The fourth-order valence-corrected chi connectivity index (χ4v) is 1.64. The molecule has 5 heteroatoms. The molecule has 0 bridgehead atoms. The second kappa shape index (κ2) is 3.28. The average molecular weight is 217 g/mol. The fraction of sp³-hybridized carbons (Fsp3) is 0.556. The lowest BCUT2D eigenvalue weighted by Crippen LogP contribution is -2.13. The largest absolute Gasteiger partial charge is 0.411 e. The number of aromatic nitrogens is 2. The number of nitrogens with zero attached hydrogens (tertiary/aromatic N) is 2. The van der Waals surface area contributed by atoms with Crippen LogP contribution in [0.25, 0.3) is 0 Å². The van der Waals surface area contributed by atoms with Gasteiger partial charge in [0.25, 0.3) is 5.24 Å². The van der Waals surface area contributed by atoms with Crippen LogP contribution in [0.3, 0.4) is 0 Å². The van der Waals surface area contributed by atoms with Crippen molar-refractivity contribution in [1.82, 2.24) is 9.94 Å². The van der Waals surface area contributed by atoms with Crippen LogP contribution in [0, 0.1) is 6.92 Å². The zero-order chi connectivity index (χ0) is 11.1. The summed E-state index contributed by atoms with van der Waals surface area (Å²) in [7, 11) is 0. The normalized spacial score (nSPS) is 11.8. The van der Waals surface area contributed by atoms with E-state index in [1.54, 1.807) is 6.92 Å². The first kappa shape index (κ1) is 11.0. The van der Waals surface area contributed by atoms with Gasteiger partial charge in [-0.2, -0.15) is 0 Å². The van der Waals surface area contributed by atoms with E-state index in [0.29, 0.717) is 16.1 Å². The molecule has 14 heavy (non-hydrogen) atoms.